The van der Waals surface area contributed by atoms with Gasteiger partial charge in [-0.3, -0.25) is 4.90 Å². The second-order valence-electron chi connectivity index (χ2n) is 5.38. The molecular weight excluding hydrogens is 256 g/mol. The van der Waals surface area contributed by atoms with E-state index in [0.29, 0.717) is 11.3 Å². The number of carbonyl (C=O) groups is 1. The molecule has 6 heteroatoms. The number of piperazine rings is 1. The molecular formula is C14H20N4O2. The van der Waals surface area contributed by atoms with E-state index >= 15 is 0 Å². The summed E-state index contributed by atoms with van der Waals surface area (Å²) >= 11 is 0. The summed E-state index contributed by atoms with van der Waals surface area (Å²) in [5.41, 5.74) is 6.52. The number of pyridine rings is 1. The minimum atomic E-state index is -0.414. The first kappa shape index (κ1) is 13.2. The van der Waals surface area contributed by atoms with Crippen molar-refractivity contribution in [1.82, 2.24) is 9.88 Å². The molecule has 0 unspecified atom stereocenters. The van der Waals surface area contributed by atoms with E-state index in [9.17, 15) is 4.79 Å². The summed E-state index contributed by atoms with van der Waals surface area (Å²) in [4.78, 5) is 20.7. The fraction of sp³-hybridized carbons (Fsp3) is 0.571. The quantitative estimate of drug-likeness (QED) is 0.821. The molecule has 1 saturated carbocycles. The van der Waals surface area contributed by atoms with E-state index in [4.69, 9.17) is 10.5 Å². The van der Waals surface area contributed by atoms with Gasteiger partial charge in [0.2, 0.25) is 0 Å². The number of aromatic nitrogens is 1. The summed E-state index contributed by atoms with van der Waals surface area (Å²) in [5.74, 6) is 0.387. The molecule has 6 nitrogen and oxygen atoms in total. The number of ether oxygens (including phenoxy) is 1. The third-order valence-corrected chi connectivity index (χ3v) is 4.03. The molecule has 1 saturated heterocycles. The lowest BCUT2D eigenvalue weighted by Gasteiger charge is -2.35. The minimum Gasteiger partial charge on any atom is -0.465 e. The van der Waals surface area contributed by atoms with Crippen molar-refractivity contribution in [2.24, 2.45) is 0 Å². The van der Waals surface area contributed by atoms with Gasteiger partial charge in [-0.05, 0) is 18.9 Å². The zero-order chi connectivity index (χ0) is 14.1. The number of nitrogen functional groups attached to an aromatic ring is 1. The van der Waals surface area contributed by atoms with Gasteiger partial charge in [-0.1, -0.05) is 0 Å². The van der Waals surface area contributed by atoms with Crippen molar-refractivity contribution < 1.29 is 9.53 Å². The summed E-state index contributed by atoms with van der Waals surface area (Å²) in [6.45, 7) is 4.00. The van der Waals surface area contributed by atoms with E-state index in [-0.39, 0.29) is 0 Å². The van der Waals surface area contributed by atoms with Gasteiger partial charge in [0.1, 0.15) is 5.82 Å². The third-order valence-electron chi connectivity index (χ3n) is 4.03. The summed E-state index contributed by atoms with van der Waals surface area (Å²) in [6, 6.07) is 2.54. The topological polar surface area (TPSA) is 71.7 Å². The highest BCUT2D eigenvalue weighted by atomic mass is 16.5. The van der Waals surface area contributed by atoms with E-state index in [0.717, 1.165) is 38.0 Å². The maximum Gasteiger partial charge on any atom is 0.340 e. The number of methoxy groups -OCH3 is 1. The normalized spacial score (nSPS) is 19.9. The fourth-order valence-electron chi connectivity index (χ4n) is 2.67. The molecule has 0 atom stereocenters. The van der Waals surface area contributed by atoms with Crippen LogP contribution in [-0.4, -0.2) is 55.2 Å². The van der Waals surface area contributed by atoms with Crippen LogP contribution in [0.5, 0.6) is 0 Å². The van der Waals surface area contributed by atoms with Crippen LogP contribution in [0.15, 0.2) is 12.3 Å². The number of rotatable bonds is 3. The third kappa shape index (κ3) is 2.56. The Kier molecular flexibility index (Phi) is 3.48. The maximum absolute atomic E-state index is 11.7. The smallest absolute Gasteiger partial charge is 0.340 e. The fourth-order valence-corrected chi connectivity index (χ4v) is 2.67. The van der Waals surface area contributed by atoms with Crippen LogP contribution >= 0.6 is 0 Å². The van der Waals surface area contributed by atoms with E-state index in [1.54, 1.807) is 6.07 Å². The van der Waals surface area contributed by atoms with Crippen molar-refractivity contribution in [3.05, 3.63) is 17.8 Å². The van der Waals surface area contributed by atoms with E-state index in [2.05, 4.69) is 14.8 Å². The van der Waals surface area contributed by atoms with Gasteiger partial charge < -0.3 is 15.4 Å². The molecule has 20 heavy (non-hydrogen) atoms. The van der Waals surface area contributed by atoms with Gasteiger partial charge in [0.05, 0.1) is 24.6 Å². The number of hydrogen-bond donors (Lipinski definition) is 1. The average molecular weight is 276 g/mol. The molecule has 0 amide bonds. The molecule has 1 aromatic heterocycles. The molecule has 0 bridgehead atoms. The molecule has 2 N–H and O–H groups in total. The van der Waals surface area contributed by atoms with Crippen LogP contribution in [0.2, 0.25) is 0 Å². The van der Waals surface area contributed by atoms with Gasteiger partial charge in [-0.25, -0.2) is 9.78 Å². The van der Waals surface area contributed by atoms with Crippen LogP contribution in [0.1, 0.15) is 23.2 Å². The summed E-state index contributed by atoms with van der Waals surface area (Å²) in [7, 11) is 1.36. The Hall–Kier alpha value is -1.82. The molecule has 108 valence electrons. The van der Waals surface area contributed by atoms with Gasteiger partial charge in [-0.15, -0.1) is 0 Å². The van der Waals surface area contributed by atoms with E-state index in [1.807, 2.05) is 0 Å². The lowest BCUT2D eigenvalue weighted by atomic mass is 10.2. The van der Waals surface area contributed by atoms with Crippen LogP contribution in [0.25, 0.3) is 0 Å². The average Bonchev–Trinajstić information content (AvgIpc) is 3.32. The molecule has 1 aromatic rings. The van der Waals surface area contributed by atoms with Gasteiger partial charge >= 0.3 is 5.97 Å². The Morgan fingerprint density at radius 2 is 2.05 bits per heavy atom. The largest absolute Gasteiger partial charge is 0.465 e. The SMILES string of the molecule is COC(=O)c1cc(N2CCN(C3CC3)CC2)ncc1N. The van der Waals surface area contributed by atoms with Crippen LogP contribution in [0, 0.1) is 0 Å². The second kappa shape index (κ2) is 5.28. The number of carbonyl (C=O) groups excluding carboxylic acids is 1. The Morgan fingerprint density at radius 1 is 1.35 bits per heavy atom. The first-order chi connectivity index (χ1) is 9.69. The predicted molar refractivity (Wildman–Crippen MR) is 76.8 cm³/mol. The lowest BCUT2D eigenvalue weighted by Crippen LogP contribution is -2.47. The molecule has 2 heterocycles. The molecule has 0 aromatic carbocycles. The molecule has 3 rings (SSSR count). The highest BCUT2D eigenvalue weighted by Gasteiger charge is 2.31. The van der Waals surface area contributed by atoms with Gasteiger partial charge in [-0.2, -0.15) is 0 Å². The standard InChI is InChI=1S/C14H20N4O2/c1-20-14(19)11-8-13(16-9-12(11)15)18-6-4-17(5-7-18)10-2-3-10/h8-10H,2-7,15H2,1H3. The van der Waals surface area contributed by atoms with Gasteiger partial charge in [0, 0.05) is 32.2 Å². The van der Waals surface area contributed by atoms with Crippen LogP contribution < -0.4 is 10.6 Å². The van der Waals surface area contributed by atoms with Crippen LogP contribution in [0.3, 0.4) is 0 Å². The van der Waals surface area contributed by atoms with E-state index < -0.39 is 5.97 Å². The zero-order valence-electron chi connectivity index (χ0n) is 11.7. The van der Waals surface area contributed by atoms with Crippen LogP contribution in [0.4, 0.5) is 11.5 Å². The monoisotopic (exact) mass is 276 g/mol. The number of anilines is 2. The summed E-state index contributed by atoms with van der Waals surface area (Å²) in [6.07, 6.45) is 4.22. The maximum atomic E-state index is 11.7. The van der Waals surface area contributed by atoms with Gasteiger partial charge in [0.15, 0.2) is 0 Å². The Bertz CT molecular complexity index is 508. The Balaban J connectivity index is 1.72. The molecule has 1 aliphatic heterocycles. The highest BCUT2D eigenvalue weighted by molar-refractivity contribution is 5.95. The molecule has 0 radical (unpaired) electrons. The lowest BCUT2D eigenvalue weighted by molar-refractivity contribution is 0.0602. The van der Waals surface area contributed by atoms with Crippen molar-refractivity contribution in [2.75, 3.05) is 43.9 Å². The first-order valence-corrected chi connectivity index (χ1v) is 7.02. The molecule has 1 aliphatic carbocycles. The zero-order valence-corrected chi connectivity index (χ0v) is 11.7. The summed E-state index contributed by atoms with van der Waals surface area (Å²) in [5, 5.41) is 0. The summed E-state index contributed by atoms with van der Waals surface area (Å²) < 4.78 is 4.74. The van der Waals surface area contributed by atoms with Crippen molar-refractivity contribution in [3.63, 3.8) is 0 Å². The Labute approximate surface area is 118 Å². The van der Waals surface area contributed by atoms with Gasteiger partial charge in [0.25, 0.3) is 0 Å². The molecule has 0 spiro atoms. The number of nitrogens with two attached hydrogens (primary N) is 1. The molecule has 2 aliphatic rings. The number of hydrogen-bond acceptors (Lipinski definition) is 6. The number of esters is 1. The molecule has 2 fully saturated rings. The van der Waals surface area contributed by atoms with E-state index in [1.165, 1.54) is 26.1 Å². The van der Waals surface area contributed by atoms with Crippen LogP contribution in [-0.2, 0) is 4.74 Å². The predicted octanol–water partition coefficient (Wildman–Crippen LogP) is 0.735. The second-order valence-corrected chi connectivity index (χ2v) is 5.38. The highest BCUT2D eigenvalue weighted by Crippen LogP contribution is 2.28. The van der Waals surface area contributed by atoms with Crippen molar-refractivity contribution in [3.8, 4) is 0 Å². The number of nitrogens with zero attached hydrogens (tertiary/aromatic N) is 3. The van der Waals surface area contributed by atoms with Crippen molar-refractivity contribution >= 4 is 17.5 Å². The van der Waals surface area contributed by atoms with Crippen molar-refractivity contribution in [2.45, 2.75) is 18.9 Å². The minimum absolute atomic E-state index is 0.359. The van der Waals surface area contributed by atoms with Crippen molar-refractivity contribution in [1.29, 1.82) is 0 Å². The Morgan fingerprint density at radius 3 is 2.65 bits per heavy atom. The first-order valence-electron chi connectivity index (χ1n) is 7.02.